The van der Waals surface area contributed by atoms with Gasteiger partial charge in [0.15, 0.2) is 10.8 Å². The second kappa shape index (κ2) is 6.06. The molecule has 0 radical (unpaired) electrons. The number of rotatable bonds is 3. The summed E-state index contributed by atoms with van der Waals surface area (Å²) in [5.41, 5.74) is 1.28. The van der Waals surface area contributed by atoms with E-state index in [1.54, 1.807) is 30.5 Å². The van der Waals surface area contributed by atoms with Crippen LogP contribution < -0.4 is 5.56 Å². The number of fused-ring (bicyclic) bond motifs is 4. The van der Waals surface area contributed by atoms with Crippen LogP contribution in [0.3, 0.4) is 0 Å². The molecule has 0 N–H and O–H groups in total. The van der Waals surface area contributed by atoms with Crippen LogP contribution in [-0.4, -0.2) is 29.4 Å². The first kappa shape index (κ1) is 16.8. The summed E-state index contributed by atoms with van der Waals surface area (Å²) in [4.78, 5) is 19.4. The van der Waals surface area contributed by atoms with E-state index in [1.807, 2.05) is 0 Å². The van der Waals surface area contributed by atoms with E-state index in [4.69, 9.17) is 0 Å². The fourth-order valence-electron chi connectivity index (χ4n) is 3.27. The van der Waals surface area contributed by atoms with E-state index < -0.39 is 12.2 Å². The normalized spacial score (nSPS) is 13.9. The lowest BCUT2D eigenvalue weighted by Crippen LogP contribution is -2.20. The number of aromatic nitrogens is 6. The lowest BCUT2D eigenvalue weighted by Gasteiger charge is -2.07. The van der Waals surface area contributed by atoms with Crippen LogP contribution in [0.1, 0.15) is 29.1 Å². The lowest BCUT2D eigenvalue weighted by molar-refractivity contribution is 0.137. The summed E-state index contributed by atoms with van der Waals surface area (Å²) in [5.74, 6) is -0.514. The molecule has 0 unspecified atom stereocenters. The van der Waals surface area contributed by atoms with E-state index in [9.17, 15) is 13.6 Å². The molecule has 0 bridgehead atoms. The van der Waals surface area contributed by atoms with Crippen LogP contribution in [0, 0.1) is 0 Å². The number of alkyl halides is 2. The molecule has 138 valence electrons. The number of hydrogen-bond donors (Lipinski definition) is 0. The second-order valence-electron chi connectivity index (χ2n) is 6.20. The third kappa shape index (κ3) is 2.56. The molecule has 27 heavy (non-hydrogen) atoms. The highest BCUT2D eigenvalue weighted by molar-refractivity contribution is 7.99. The Morgan fingerprint density at radius 2 is 2.11 bits per heavy atom. The molecule has 0 amide bonds. The summed E-state index contributed by atoms with van der Waals surface area (Å²) < 4.78 is 28.6. The van der Waals surface area contributed by atoms with Gasteiger partial charge in [-0.05, 0) is 48.7 Å². The molecule has 11 heteroatoms. The van der Waals surface area contributed by atoms with Crippen molar-refractivity contribution in [2.75, 3.05) is 0 Å². The van der Waals surface area contributed by atoms with Gasteiger partial charge in [0.1, 0.15) is 9.86 Å². The minimum absolute atomic E-state index is 0.0828. The smallest absolute Gasteiger partial charge is 0.290 e. The zero-order chi connectivity index (χ0) is 18.7. The van der Waals surface area contributed by atoms with Crippen LogP contribution in [-0.2, 0) is 19.9 Å². The molecule has 0 spiro atoms. The Kier molecular flexibility index (Phi) is 3.76. The van der Waals surface area contributed by atoms with Crippen LogP contribution >= 0.6 is 23.1 Å². The van der Waals surface area contributed by atoms with E-state index in [-0.39, 0.29) is 11.2 Å². The molecule has 0 atom stereocenters. The highest BCUT2D eigenvalue weighted by atomic mass is 32.2. The van der Waals surface area contributed by atoms with Crippen molar-refractivity contribution < 1.29 is 8.78 Å². The Labute approximate surface area is 159 Å². The van der Waals surface area contributed by atoms with Crippen molar-refractivity contribution in [1.82, 2.24) is 29.4 Å². The molecule has 1 aliphatic rings. The Bertz CT molecular complexity index is 1260. The highest BCUT2D eigenvalue weighted by Gasteiger charge is 2.23. The standard InChI is InChI=1S/C16H12F2N6OS2/c1-23-15(25)11-7-3-2-4-8(7)26-14(11)19-16(23)27-10-6-5-9-20-21-13(12(17)18)24(9)22-10/h5-6,12H,2-4H2,1H3. The van der Waals surface area contributed by atoms with E-state index in [0.717, 1.165) is 45.9 Å². The average molecular weight is 406 g/mol. The maximum atomic E-state index is 13.0. The lowest BCUT2D eigenvalue weighted by atomic mass is 10.2. The number of nitrogens with zero attached hydrogens (tertiary/aromatic N) is 6. The van der Waals surface area contributed by atoms with Crippen molar-refractivity contribution in [3.8, 4) is 0 Å². The number of thiophene rings is 1. The SMILES string of the molecule is Cn1c(Sc2ccc3nnc(C(F)F)n3n2)nc2sc3c(c2c1=O)CCC3. The zero-order valence-corrected chi connectivity index (χ0v) is 15.7. The molecule has 4 aromatic heterocycles. The van der Waals surface area contributed by atoms with Crippen LogP contribution in [0.2, 0.25) is 0 Å². The molecule has 0 saturated carbocycles. The summed E-state index contributed by atoms with van der Waals surface area (Å²) in [6, 6.07) is 3.21. The topological polar surface area (TPSA) is 78.0 Å². The first-order chi connectivity index (χ1) is 13.0. The summed E-state index contributed by atoms with van der Waals surface area (Å²) in [6.45, 7) is 0. The van der Waals surface area contributed by atoms with Gasteiger partial charge in [-0.2, -0.15) is 9.61 Å². The molecule has 0 aliphatic heterocycles. The molecule has 5 rings (SSSR count). The van der Waals surface area contributed by atoms with E-state index >= 15 is 0 Å². The molecule has 1 aliphatic carbocycles. The predicted octanol–water partition coefficient (Wildman–Crippen LogP) is 3.01. The number of hydrogen-bond acceptors (Lipinski definition) is 7. The second-order valence-corrected chi connectivity index (χ2v) is 8.27. The molecule has 7 nitrogen and oxygen atoms in total. The quantitative estimate of drug-likeness (QED) is 0.487. The van der Waals surface area contributed by atoms with Gasteiger partial charge in [-0.1, -0.05) is 0 Å². The maximum absolute atomic E-state index is 13.0. The highest BCUT2D eigenvalue weighted by Crippen LogP contribution is 2.36. The summed E-state index contributed by atoms with van der Waals surface area (Å²) in [6.07, 6.45) is 0.206. The van der Waals surface area contributed by atoms with Gasteiger partial charge in [-0.15, -0.1) is 21.5 Å². The molecule has 0 saturated heterocycles. The average Bonchev–Trinajstić information content (AvgIpc) is 3.32. The molecule has 0 fully saturated rings. The molecule has 0 aromatic carbocycles. The Balaban J connectivity index is 1.60. The van der Waals surface area contributed by atoms with Crippen molar-refractivity contribution in [3.63, 3.8) is 0 Å². The molecule has 4 aromatic rings. The van der Waals surface area contributed by atoms with Crippen LogP contribution in [0.25, 0.3) is 15.9 Å². The van der Waals surface area contributed by atoms with Crippen LogP contribution in [0.15, 0.2) is 27.1 Å². The maximum Gasteiger partial charge on any atom is 0.299 e. The minimum atomic E-state index is -2.78. The summed E-state index contributed by atoms with van der Waals surface area (Å²) in [7, 11) is 1.66. The van der Waals surface area contributed by atoms with E-state index in [1.165, 1.54) is 9.44 Å². The summed E-state index contributed by atoms with van der Waals surface area (Å²) >= 11 is 2.71. The fraction of sp³-hybridized carbons (Fsp3) is 0.312. The van der Waals surface area contributed by atoms with Gasteiger partial charge in [0.2, 0.25) is 5.82 Å². The molecular formula is C16H12F2N6OS2. The van der Waals surface area contributed by atoms with Gasteiger partial charge in [-0.25, -0.2) is 13.8 Å². The predicted molar refractivity (Wildman–Crippen MR) is 96.7 cm³/mol. The van der Waals surface area contributed by atoms with Gasteiger partial charge >= 0.3 is 0 Å². The Morgan fingerprint density at radius 1 is 1.26 bits per heavy atom. The Morgan fingerprint density at radius 3 is 2.93 bits per heavy atom. The zero-order valence-electron chi connectivity index (χ0n) is 14.0. The third-order valence-corrected chi connectivity index (χ3v) is 6.72. The molecular weight excluding hydrogens is 394 g/mol. The van der Waals surface area contributed by atoms with Crippen LogP contribution in [0.5, 0.6) is 0 Å². The van der Waals surface area contributed by atoms with Crippen LogP contribution in [0.4, 0.5) is 8.78 Å². The van der Waals surface area contributed by atoms with E-state index in [2.05, 4.69) is 20.3 Å². The van der Waals surface area contributed by atoms with Crippen molar-refractivity contribution in [1.29, 1.82) is 0 Å². The van der Waals surface area contributed by atoms with Crippen molar-refractivity contribution in [2.24, 2.45) is 7.05 Å². The van der Waals surface area contributed by atoms with Gasteiger partial charge in [-0.3, -0.25) is 9.36 Å². The summed E-state index contributed by atoms with van der Waals surface area (Å²) in [5, 5.41) is 12.9. The minimum Gasteiger partial charge on any atom is -0.290 e. The van der Waals surface area contributed by atoms with Crippen molar-refractivity contribution in [3.05, 3.63) is 38.8 Å². The van der Waals surface area contributed by atoms with Crippen molar-refractivity contribution >= 4 is 39.0 Å². The number of halogens is 2. The third-order valence-electron chi connectivity index (χ3n) is 4.56. The first-order valence-electron chi connectivity index (χ1n) is 8.22. The Hall–Kier alpha value is -2.40. The number of aryl methyl sites for hydroxylation is 2. The monoisotopic (exact) mass is 406 g/mol. The first-order valence-corrected chi connectivity index (χ1v) is 9.86. The van der Waals surface area contributed by atoms with Crippen molar-refractivity contribution in [2.45, 2.75) is 35.9 Å². The molecule has 4 heterocycles. The van der Waals surface area contributed by atoms with Gasteiger partial charge in [0.05, 0.1) is 5.39 Å². The fourth-order valence-corrected chi connectivity index (χ4v) is 5.38. The van der Waals surface area contributed by atoms with E-state index in [0.29, 0.717) is 15.6 Å². The van der Waals surface area contributed by atoms with Gasteiger partial charge < -0.3 is 0 Å². The van der Waals surface area contributed by atoms with Gasteiger partial charge in [0.25, 0.3) is 12.0 Å². The van der Waals surface area contributed by atoms with Gasteiger partial charge in [0, 0.05) is 11.9 Å². The largest absolute Gasteiger partial charge is 0.299 e.